The Labute approximate surface area is 213 Å². The van der Waals surface area contributed by atoms with E-state index in [-0.39, 0.29) is 6.54 Å². The number of likely N-dealkylation sites (N-methyl/N-ethyl adjacent to an activating group) is 1. The predicted molar refractivity (Wildman–Crippen MR) is 143 cm³/mol. The van der Waals surface area contributed by atoms with Crippen LogP contribution in [0.1, 0.15) is 42.9 Å². The second-order valence-electron chi connectivity index (χ2n) is 9.38. The number of nitrogens with zero attached hydrogens (tertiary/aromatic N) is 1. The van der Waals surface area contributed by atoms with Crippen LogP contribution in [-0.2, 0) is 16.0 Å². The van der Waals surface area contributed by atoms with E-state index >= 15 is 0 Å². The van der Waals surface area contributed by atoms with Crippen LogP contribution in [0.15, 0.2) is 84.5 Å². The number of carbonyl (C=O) groups excluding carboxylic acids is 2. The smallest absolute Gasteiger partial charge is 0.254 e. The summed E-state index contributed by atoms with van der Waals surface area (Å²) < 4.78 is 0. The lowest BCUT2D eigenvalue weighted by Gasteiger charge is -2.23. The van der Waals surface area contributed by atoms with Crippen molar-refractivity contribution in [3.8, 4) is 0 Å². The van der Waals surface area contributed by atoms with Gasteiger partial charge < -0.3 is 20.4 Å². The van der Waals surface area contributed by atoms with E-state index in [0.29, 0.717) is 18.9 Å². The van der Waals surface area contributed by atoms with Crippen LogP contribution in [0.25, 0.3) is 5.57 Å². The monoisotopic (exact) mass is 488 g/mol. The Bertz CT molecular complexity index is 1130. The quantitative estimate of drug-likeness (QED) is 0.477. The molecule has 0 aromatic heterocycles. The third-order valence-corrected chi connectivity index (χ3v) is 6.34. The van der Waals surface area contributed by atoms with E-state index in [1.165, 1.54) is 21.6 Å². The normalized spacial score (nSPS) is 14.9. The molecule has 2 atom stereocenters. The van der Waals surface area contributed by atoms with E-state index in [0.717, 1.165) is 17.6 Å². The van der Waals surface area contributed by atoms with Gasteiger partial charge in [-0.2, -0.15) is 0 Å². The van der Waals surface area contributed by atoms with Gasteiger partial charge in [0.25, 0.3) is 11.8 Å². The van der Waals surface area contributed by atoms with Crippen LogP contribution in [-0.4, -0.2) is 59.3 Å². The molecule has 3 rings (SSSR count). The van der Waals surface area contributed by atoms with Crippen molar-refractivity contribution in [3.05, 3.63) is 101 Å². The minimum absolute atomic E-state index is 0.173. The molecule has 2 unspecified atom stereocenters. The van der Waals surface area contributed by atoms with E-state index in [1.807, 2.05) is 60.7 Å². The minimum Gasteiger partial charge on any atom is -0.380 e. The molecule has 0 spiro atoms. The number of hydrogen-bond acceptors (Lipinski definition) is 4. The zero-order chi connectivity index (χ0) is 26.1. The number of aliphatic hydroxyl groups excluding tert-OH is 2. The van der Waals surface area contributed by atoms with Crippen molar-refractivity contribution in [3.63, 3.8) is 0 Å². The van der Waals surface area contributed by atoms with E-state index in [1.54, 1.807) is 7.05 Å². The highest BCUT2D eigenvalue weighted by Gasteiger charge is 2.32. The van der Waals surface area contributed by atoms with Crippen LogP contribution < -0.4 is 5.32 Å². The lowest BCUT2D eigenvalue weighted by atomic mass is 9.91. The lowest BCUT2D eigenvalue weighted by Crippen LogP contribution is -2.50. The number of amides is 2. The number of carbonyl (C=O) groups is 2. The Morgan fingerprint density at radius 2 is 1.67 bits per heavy atom. The second kappa shape index (κ2) is 13.0. The number of allylic oxidation sites excluding steroid dienone is 4. The molecule has 0 heterocycles. The molecule has 1 aliphatic carbocycles. The predicted octanol–water partition coefficient (Wildman–Crippen LogP) is 3.62. The molecule has 0 fully saturated rings. The van der Waals surface area contributed by atoms with Gasteiger partial charge >= 0.3 is 0 Å². The molecule has 0 bridgehead atoms. The van der Waals surface area contributed by atoms with Crippen molar-refractivity contribution in [2.45, 2.75) is 44.8 Å². The van der Waals surface area contributed by atoms with Crippen molar-refractivity contribution >= 4 is 17.4 Å². The molecule has 36 heavy (non-hydrogen) atoms. The molecule has 0 saturated heterocycles. The maximum atomic E-state index is 12.5. The Morgan fingerprint density at radius 3 is 2.39 bits per heavy atom. The van der Waals surface area contributed by atoms with Gasteiger partial charge in [-0.3, -0.25) is 9.59 Å². The summed E-state index contributed by atoms with van der Waals surface area (Å²) in [6.45, 7) is 4.88. The molecular weight excluding hydrogens is 452 g/mol. The van der Waals surface area contributed by atoms with Gasteiger partial charge in [0.05, 0.1) is 0 Å². The van der Waals surface area contributed by atoms with E-state index < -0.39 is 24.0 Å². The minimum atomic E-state index is -1.85. The van der Waals surface area contributed by atoms with E-state index in [9.17, 15) is 19.8 Å². The molecule has 0 saturated carbocycles. The summed E-state index contributed by atoms with van der Waals surface area (Å²) in [5, 5.41) is 23.2. The average molecular weight is 489 g/mol. The van der Waals surface area contributed by atoms with Gasteiger partial charge in [-0.1, -0.05) is 92.7 Å². The molecular formula is C30H36N2O4. The molecule has 190 valence electrons. The first-order chi connectivity index (χ1) is 17.3. The number of aliphatic hydroxyl groups is 2. The van der Waals surface area contributed by atoms with E-state index in [2.05, 4.69) is 37.4 Å². The summed E-state index contributed by atoms with van der Waals surface area (Å²) in [6.07, 6.45) is 5.68. The second-order valence-corrected chi connectivity index (χ2v) is 9.38. The van der Waals surface area contributed by atoms with Gasteiger partial charge in [-0.25, -0.2) is 0 Å². The first-order valence-electron chi connectivity index (χ1n) is 12.4. The van der Waals surface area contributed by atoms with Gasteiger partial charge in [-0.15, -0.1) is 0 Å². The number of nitrogens with one attached hydrogen (secondary N) is 1. The van der Waals surface area contributed by atoms with Crippen molar-refractivity contribution < 1.29 is 19.8 Å². The summed E-state index contributed by atoms with van der Waals surface area (Å²) in [6, 6.07) is 18.0. The Morgan fingerprint density at radius 1 is 0.972 bits per heavy atom. The van der Waals surface area contributed by atoms with Crippen LogP contribution in [0.4, 0.5) is 0 Å². The topological polar surface area (TPSA) is 89.9 Å². The fourth-order valence-electron chi connectivity index (χ4n) is 4.13. The van der Waals surface area contributed by atoms with Crippen LogP contribution in [0.2, 0.25) is 0 Å². The lowest BCUT2D eigenvalue weighted by molar-refractivity contribution is -0.152. The molecule has 6 nitrogen and oxygen atoms in total. The summed E-state index contributed by atoms with van der Waals surface area (Å²) >= 11 is 0. The molecule has 1 aliphatic rings. The zero-order valence-electron chi connectivity index (χ0n) is 21.2. The Kier molecular flexibility index (Phi) is 9.79. The largest absolute Gasteiger partial charge is 0.380 e. The van der Waals surface area contributed by atoms with Crippen molar-refractivity contribution in [2.24, 2.45) is 0 Å². The average Bonchev–Trinajstić information content (AvgIpc) is 3.15. The highest BCUT2D eigenvalue weighted by molar-refractivity contribution is 5.90. The SMILES string of the molecule is CC(C)c1ccccc1C1=CC=C(CNC(=O)C(O)C(O)C(=O)N(C)CCc2ccccc2)C=CC1. The third-order valence-electron chi connectivity index (χ3n) is 6.34. The summed E-state index contributed by atoms with van der Waals surface area (Å²) in [5.74, 6) is -1.08. The maximum Gasteiger partial charge on any atom is 0.254 e. The first-order valence-corrected chi connectivity index (χ1v) is 12.4. The Balaban J connectivity index is 1.55. The van der Waals surface area contributed by atoms with Crippen molar-refractivity contribution in [1.82, 2.24) is 10.2 Å². The summed E-state index contributed by atoms with van der Waals surface area (Å²) in [4.78, 5) is 26.3. The highest BCUT2D eigenvalue weighted by Crippen LogP contribution is 2.29. The fourth-order valence-corrected chi connectivity index (χ4v) is 4.13. The van der Waals surface area contributed by atoms with Gasteiger partial charge in [0.1, 0.15) is 0 Å². The molecule has 3 N–H and O–H groups in total. The van der Waals surface area contributed by atoms with Gasteiger partial charge in [-0.05, 0) is 46.6 Å². The zero-order valence-corrected chi connectivity index (χ0v) is 21.2. The van der Waals surface area contributed by atoms with Crippen LogP contribution >= 0.6 is 0 Å². The molecule has 0 aliphatic heterocycles. The van der Waals surface area contributed by atoms with Gasteiger partial charge in [0.15, 0.2) is 12.2 Å². The van der Waals surface area contributed by atoms with Gasteiger partial charge in [0.2, 0.25) is 0 Å². The maximum absolute atomic E-state index is 12.5. The molecule has 2 aromatic rings. The highest BCUT2D eigenvalue weighted by atomic mass is 16.3. The number of hydrogen-bond donors (Lipinski definition) is 3. The van der Waals surface area contributed by atoms with E-state index in [4.69, 9.17) is 0 Å². The van der Waals surface area contributed by atoms with Crippen molar-refractivity contribution in [2.75, 3.05) is 20.1 Å². The van der Waals surface area contributed by atoms with Crippen LogP contribution in [0.3, 0.4) is 0 Å². The molecule has 2 aromatic carbocycles. The van der Waals surface area contributed by atoms with Crippen molar-refractivity contribution in [1.29, 1.82) is 0 Å². The summed E-state index contributed by atoms with van der Waals surface area (Å²) in [7, 11) is 1.54. The van der Waals surface area contributed by atoms with Gasteiger partial charge in [0, 0.05) is 20.1 Å². The number of rotatable bonds is 10. The number of benzene rings is 2. The Hall–Kier alpha value is -3.48. The molecule has 2 amide bonds. The summed E-state index contributed by atoms with van der Waals surface area (Å²) in [5.41, 5.74) is 5.61. The third kappa shape index (κ3) is 7.26. The van der Waals surface area contributed by atoms with Crippen LogP contribution in [0, 0.1) is 0 Å². The molecule has 6 heteroatoms. The standard InChI is InChI=1S/C30H36N2O4/c1-21(2)25-14-7-8-15-26(25)24-13-9-12-23(16-17-24)20-31-29(35)27(33)28(34)30(36)32(3)19-18-22-10-5-4-6-11-22/h4-12,14-17,21,27-28,33-34H,13,18-20H2,1-3H3,(H,31,35). The van der Waals surface area contributed by atoms with Crippen LogP contribution in [0.5, 0.6) is 0 Å². The molecule has 0 radical (unpaired) electrons. The first kappa shape index (κ1) is 27.1. The fraction of sp³-hybridized carbons (Fsp3) is 0.333.